The number of ether oxygens (including phenoxy) is 1. The van der Waals surface area contributed by atoms with Crippen molar-refractivity contribution in [3.8, 4) is 5.75 Å². The molecule has 0 spiro atoms. The van der Waals surface area contributed by atoms with Gasteiger partial charge >= 0.3 is 0 Å². The fourth-order valence-corrected chi connectivity index (χ4v) is 4.17. The summed E-state index contributed by atoms with van der Waals surface area (Å²) in [5, 5.41) is 12.4. The summed E-state index contributed by atoms with van der Waals surface area (Å²) in [7, 11) is 0. The van der Waals surface area contributed by atoms with Crippen LogP contribution in [0.5, 0.6) is 5.75 Å². The second-order valence-corrected chi connectivity index (χ2v) is 8.09. The van der Waals surface area contributed by atoms with Gasteiger partial charge in [-0.05, 0) is 29.8 Å². The molecular formula is C17H13Cl2N3O2S2. The topological polar surface area (TPSA) is 64.1 Å². The first-order valence-corrected chi connectivity index (χ1v) is 10.0. The number of nitrogens with zero attached hydrogens (tertiary/aromatic N) is 2. The van der Waals surface area contributed by atoms with Gasteiger partial charge in [-0.15, -0.1) is 10.2 Å². The van der Waals surface area contributed by atoms with Crippen molar-refractivity contribution < 1.29 is 9.53 Å². The number of aromatic nitrogens is 2. The molecule has 1 heterocycles. The standard InChI is InChI=1S/C17H13Cl2N3O2S2/c18-12-5-3-6-13(8-12)24-9-15(23)20-16-21-22-17(26-16)25-10-11-4-1-2-7-14(11)19/h1-8H,9-10H2,(H,20,21,23). The number of hydrogen-bond donors (Lipinski definition) is 1. The number of rotatable bonds is 7. The second-order valence-electron chi connectivity index (χ2n) is 5.05. The normalized spacial score (nSPS) is 10.5. The van der Waals surface area contributed by atoms with Crippen LogP contribution in [-0.2, 0) is 10.5 Å². The number of thioether (sulfide) groups is 1. The first kappa shape index (κ1) is 19.0. The van der Waals surface area contributed by atoms with Gasteiger partial charge in [-0.1, -0.05) is 70.6 Å². The van der Waals surface area contributed by atoms with Crippen LogP contribution in [0.15, 0.2) is 52.9 Å². The van der Waals surface area contributed by atoms with E-state index in [4.69, 9.17) is 27.9 Å². The number of hydrogen-bond acceptors (Lipinski definition) is 6. The molecule has 0 radical (unpaired) electrons. The van der Waals surface area contributed by atoms with Crippen molar-refractivity contribution in [1.29, 1.82) is 0 Å². The quantitative estimate of drug-likeness (QED) is 0.418. The molecule has 26 heavy (non-hydrogen) atoms. The lowest BCUT2D eigenvalue weighted by Gasteiger charge is -2.05. The maximum absolute atomic E-state index is 11.9. The smallest absolute Gasteiger partial charge is 0.264 e. The largest absolute Gasteiger partial charge is 0.484 e. The Labute approximate surface area is 168 Å². The minimum Gasteiger partial charge on any atom is -0.484 e. The zero-order valence-corrected chi connectivity index (χ0v) is 16.5. The maximum atomic E-state index is 11.9. The number of carbonyl (C=O) groups excluding carboxylic acids is 1. The molecule has 0 aliphatic heterocycles. The third kappa shape index (κ3) is 5.60. The molecule has 3 aromatic rings. The number of carbonyl (C=O) groups is 1. The fourth-order valence-electron chi connectivity index (χ4n) is 1.93. The molecule has 1 N–H and O–H groups in total. The zero-order chi connectivity index (χ0) is 18.4. The number of amides is 1. The number of halogens is 2. The molecule has 1 aromatic heterocycles. The van der Waals surface area contributed by atoms with Crippen LogP contribution < -0.4 is 10.1 Å². The third-order valence-electron chi connectivity index (χ3n) is 3.13. The monoisotopic (exact) mass is 425 g/mol. The molecule has 0 atom stereocenters. The van der Waals surface area contributed by atoms with Crippen LogP contribution >= 0.6 is 46.3 Å². The van der Waals surface area contributed by atoms with Gasteiger partial charge in [0, 0.05) is 15.8 Å². The molecule has 0 unspecified atom stereocenters. The summed E-state index contributed by atoms with van der Waals surface area (Å²) >= 11 is 14.8. The van der Waals surface area contributed by atoms with Gasteiger partial charge in [-0.25, -0.2) is 0 Å². The summed E-state index contributed by atoms with van der Waals surface area (Å²) in [6.07, 6.45) is 0. The SMILES string of the molecule is O=C(COc1cccc(Cl)c1)Nc1nnc(SCc2ccccc2Cl)s1. The molecule has 3 rings (SSSR count). The van der Waals surface area contributed by atoms with Gasteiger partial charge < -0.3 is 4.74 Å². The van der Waals surface area contributed by atoms with E-state index in [1.54, 1.807) is 24.3 Å². The van der Waals surface area contributed by atoms with Crippen molar-refractivity contribution in [2.24, 2.45) is 0 Å². The average molecular weight is 426 g/mol. The number of anilines is 1. The van der Waals surface area contributed by atoms with Crippen LogP contribution in [0.25, 0.3) is 0 Å². The summed E-state index contributed by atoms with van der Waals surface area (Å²) in [6, 6.07) is 14.5. The molecule has 0 saturated carbocycles. The molecule has 0 aliphatic carbocycles. The second kappa shape index (κ2) is 9.23. The highest BCUT2D eigenvalue weighted by molar-refractivity contribution is 8.00. The Morgan fingerprint density at radius 3 is 2.81 bits per heavy atom. The van der Waals surface area contributed by atoms with Gasteiger partial charge in [0.1, 0.15) is 5.75 Å². The summed E-state index contributed by atoms with van der Waals surface area (Å²) in [6.45, 7) is -0.137. The number of benzene rings is 2. The Morgan fingerprint density at radius 2 is 2.00 bits per heavy atom. The lowest BCUT2D eigenvalue weighted by molar-refractivity contribution is -0.118. The molecule has 134 valence electrons. The fraction of sp³-hybridized carbons (Fsp3) is 0.118. The highest BCUT2D eigenvalue weighted by Crippen LogP contribution is 2.30. The molecule has 0 aliphatic rings. The first-order chi connectivity index (χ1) is 12.6. The summed E-state index contributed by atoms with van der Waals surface area (Å²) in [5.74, 6) is 0.893. The van der Waals surface area contributed by atoms with Crippen molar-refractivity contribution in [1.82, 2.24) is 10.2 Å². The van der Waals surface area contributed by atoms with Gasteiger partial charge in [-0.2, -0.15) is 0 Å². The van der Waals surface area contributed by atoms with Crippen molar-refractivity contribution in [3.63, 3.8) is 0 Å². The molecule has 5 nitrogen and oxygen atoms in total. The van der Waals surface area contributed by atoms with Crippen molar-refractivity contribution in [3.05, 3.63) is 64.1 Å². The summed E-state index contributed by atoms with van der Waals surface area (Å²) < 4.78 is 6.13. The molecule has 0 saturated heterocycles. The molecule has 9 heteroatoms. The minimum absolute atomic E-state index is 0.137. The lowest BCUT2D eigenvalue weighted by Crippen LogP contribution is -2.20. The van der Waals surface area contributed by atoms with Crippen LogP contribution in [0.2, 0.25) is 10.0 Å². The van der Waals surface area contributed by atoms with E-state index < -0.39 is 0 Å². The molecule has 2 aromatic carbocycles. The zero-order valence-electron chi connectivity index (χ0n) is 13.3. The Hall–Kier alpha value is -1.80. The van der Waals surface area contributed by atoms with E-state index >= 15 is 0 Å². The van der Waals surface area contributed by atoms with Crippen molar-refractivity contribution in [2.45, 2.75) is 10.1 Å². The van der Waals surface area contributed by atoms with Gasteiger partial charge in [0.2, 0.25) is 5.13 Å². The van der Waals surface area contributed by atoms with E-state index in [0.29, 0.717) is 21.7 Å². The Bertz CT molecular complexity index is 905. The van der Waals surface area contributed by atoms with Crippen molar-refractivity contribution in [2.75, 3.05) is 11.9 Å². The van der Waals surface area contributed by atoms with E-state index in [9.17, 15) is 4.79 Å². The van der Waals surface area contributed by atoms with E-state index in [2.05, 4.69) is 15.5 Å². The Balaban J connectivity index is 1.48. The molecule has 0 bridgehead atoms. The first-order valence-electron chi connectivity index (χ1n) is 7.48. The molecule has 1 amide bonds. The van der Waals surface area contributed by atoms with E-state index in [1.165, 1.54) is 23.1 Å². The van der Waals surface area contributed by atoms with Gasteiger partial charge in [0.05, 0.1) is 0 Å². The van der Waals surface area contributed by atoms with Crippen LogP contribution in [0, 0.1) is 0 Å². The van der Waals surface area contributed by atoms with Gasteiger partial charge in [-0.3, -0.25) is 10.1 Å². The summed E-state index contributed by atoms with van der Waals surface area (Å²) in [4.78, 5) is 11.9. The maximum Gasteiger partial charge on any atom is 0.264 e. The van der Waals surface area contributed by atoms with Crippen LogP contribution in [-0.4, -0.2) is 22.7 Å². The van der Waals surface area contributed by atoms with Crippen LogP contribution in [0.1, 0.15) is 5.56 Å². The minimum atomic E-state index is -0.316. The van der Waals surface area contributed by atoms with Gasteiger partial charge in [0.15, 0.2) is 10.9 Å². The predicted molar refractivity (Wildman–Crippen MR) is 106 cm³/mol. The van der Waals surface area contributed by atoms with E-state index in [1.807, 2.05) is 24.3 Å². The predicted octanol–water partition coefficient (Wildman–Crippen LogP) is 5.15. The van der Waals surface area contributed by atoms with Crippen LogP contribution in [0.4, 0.5) is 5.13 Å². The highest BCUT2D eigenvalue weighted by Gasteiger charge is 2.10. The summed E-state index contributed by atoms with van der Waals surface area (Å²) in [5.41, 5.74) is 1.02. The molecule has 0 fully saturated rings. The third-order valence-corrected chi connectivity index (χ3v) is 5.75. The molecular weight excluding hydrogens is 413 g/mol. The Morgan fingerprint density at radius 1 is 1.15 bits per heavy atom. The highest BCUT2D eigenvalue weighted by atomic mass is 35.5. The van der Waals surface area contributed by atoms with Gasteiger partial charge in [0.25, 0.3) is 5.91 Å². The number of nitrogens with one attached hydrogen (secondary N) is 1. The lowest BCUT2D eigenvalue weighted by atomic mass is 10.2. The van der Waals surface area contributed by atoms with Crippen molar-refractivity contribution >= 4 is 57.3 Å². The Kier molecular flexibility index (Phi) is 6.73. The van der Waals surface area contributed by atoms with Crippen LogP contribution in [0.3, 0.4) is 0 Å². The van der Waals surface area contributed by atoms with E-state index in [-0.39, 0.29) is 12.5 Å². The average Bonchev–Trinajstić information content (AvgIpc) is 3.07. The van der Waals surface area contributed by atoms with E-state index in [0.717, 1.165) is 14.9 Å².